The van der Waals surface area contributed by atoms with Crippen molar-refractivity contribution in [3.8, 4) is 0 Å². The molecule has 0 spiro atoms. The maximum absolute atomic E-state index is 11.8. The molecule has 0 radical (unpaired) electrons. The van der Waals surface area contributed by atoms with Crippen molar-refractivity contribution in [1.29, 1.82) is 0 Å². The number of aromatic nitrogens is 2. The molecule has 0 bridgehead atoms. The van der Waals surface area contributed by atoms with Gasteiger partial charge in [0.05, 0.1) is 18.3 Å². The van der Waals surface area contributed by atoms with Gasteiger partial charge in [0.1, 0.15) is 0 Å². The predicted octanol–water partition coefficient (Wildman–Crippen LogP) is 0.284. The van der Waals surface area contributed by atoms with Crippen LogP contribution in [0.1, 0.15) is 24.6 Å². The molecule has 1 aromatic rings. The summed E-state index contributed by atoms with van der Waals surface area (Å²) in [5, 5.41) is 0. The average molecular weight is 249 g/mol. The van der Waals surface area contributed by atoms with Crippen LogP contribution in [0.3, 0.4) is 0 Å². The summed E-state index contributed by atoms with van der Waals surface area (Å²) in [5.41, 5.74) is 6.51. The lowest BCUT2D eigenvalue weighted by Crippen LogP contribution is -2.36. The molecule has 0 saturated carbocycles. The third-order valence-electron chi connectivity index (χ3n) is 3.24. The van der Waals surface area contributed by atoms with Gasteiger partial charge in [-0.15, -0.1) is 0 Å². The zero-order chi connectivity index (χ0) is 13.1. The van der Waals surface area contributed by atoms with Gasteiger partial charge in [-0.1, -0.05) is 0 Å². The molecule has 0 aliphatic carbocycles. The molecule has 2 N–H and O–H groups in total. The zero-order valence-corrected chi connectivity index (χ0v) is 10.8. The van der Waals surface area contributed by atoms with E-state index in [-0.39, 0.29) is 11.9 Å². The van der Waals surface area contributed by atoms with Crippen LogP contribution in [0.25, 0.3) is 0 Å². The SMILES string of the molecule is CN(C)C(=O)CN1CCCC1c1ccnc(N)n1. The predicted molar refractivity (Wildman–Crippen MR) is 68.7 cm³/mol. The second-order valence-electron chi connectivity index (χ2n) is 4.76. The third kappa shape index (κ3) is 2.76. The first-order valence-electron chi connectivity index (χ1n) is 6.10. The second-order valence-corrected chi connectivity index (χ2v) is 4.76. The van der Waals surface area contributed by atoms with Gasteiger partial charge in [0, 0.05) is 20.3 Å². The molecule has 1 aliphatic rings. The van der Waals surface area contributed by atoms with E-state index in [1.807, 2.05) is 6.07 Å². The minimum Gasteiger partial charge on any atom is -0.368 e. The number of likely N-dealkylation sites (N-methyl/N-ethyl adjacent to an activating group) is 1. The topological polar surface area (TPSA) is 75.4 Å². The number of hydrogen-bond donors (Lipinski definition) is 1. The van der Waals surface area contributed by atoms with Crippen LogP contribution in [0, 0.1) is 0 Å². The Balaban J connectivity index is 2.10. The number of carbonyl (C=O) groups is 1. The quantitative estimate of drug-likeness (QED) is 0.833. The number of hydrogen-bond acceptors (Lipinski definition) is 5. The molecule has 6 heteroatoms. The van der Waals surface area contributed by atoms with E-state index in [1.165, 1.54) is 0 Å². The summed E-state index contributed by atoms with van der Waals surface area (Å²) in [4.78, 5) is 23.7. The highest BCUT2D eigenvalue weighted by Crippen LogP contribution is 2.30. The Morgan fingerprint density at radius 3 is 3.06 bits per heavy atom. The van der Waals surface area contributed by atoms with Gasteiger partial charge in [0.2, 0.25) is 11.9 Å². The van der Waals surface area contributed by atoms with Crippen LogP contribution in [-0.2, 0) is 4.79 Å². The molecular weight excluding hydrogens is 230 g/mol. The Hall–Kier alpha value is -1.69. The highest BCUT2D eigenvalue weighted by molar-refractivity contribution is 5.77. The molecule has 0 aromatic carbocycles. The van der Waals surface area contributed by atoms with Crippen molar-refractivity contribution in [2.75, 3.05) is 32.9 Å². The van der Waals surface area contributed by atoms with Crippen molar-refractivity contribution in [3.05, 3.63) is 18.0 Å². The van der Waals surface area contributed by atoms with Gasteiger partial charge in [-0.25, -0.2) is 9.97 Å². The lowest BCUT2D eigenvalue weighted by Gasteiger charge is -2.24. The number of anilines is 1. The molecule has 18 heavy (non-hydrogen) atoms. The third-order valence-corrected chi connectivity index (χ3v) is 3.24. The van der Waals surface area contributed by atoms with Gasteiger partial charge in [-0.2, -0.15) is 0 Å². The monoisotopic (exact) mass is 249 g/mol. The van der Waals surface area contributed by atoms with Gasteiger partial charge >= 0.3 is 0 Å². The summed E-state index contributed by atoms with van der Waals surface area (Å²) in [6.45, 7) is 1.36. The lowest BCUT2D eigenvalue weighted by molar-refractivity contribution is -0.130. The Morgan fingerprint density at radius 1 is 1.61 bits per heavy atom. The summed E-state index contributed by atoms with van der Waals surface area (Å²) in [5.74, 6) is 0.405. The molecule has 1 saturated heterocycles. The Morgan fingerprint density at radius 2 is 2.39 bits per heavy atom. The van der Waals surface area contributed by atoms with E-state index >= 15 is 0 Å². The Labute approximate surface area is 107 Å². The van der Waals surface area contributed by atoms with Crippen molar-refractivity contribution in [1.82, 2.24) is 19.8 Å². The molecular formula is C12H19N5O. The van der Waals surface area contributed by atoms with Crippen LogP contribution in [0.4, 0.5) is 5.95 Å². The van der Waals surface area contributed by atoms with Crippen molar-refractivity contribution in [2.24, 2.45) is 0 Å². The number of nitrogen functional groups attached to an aromatic ring is 1. The molecule has 6 nitrogen and oxygen atoms in total. The van der Waals surface area contributed by atoms with Crippen LogP contribution >= 0.6 is 0 Å². The summed E-state index contributed by atoms with van der Waals surface area (Å²) in [6.07, 6.45) is 3.76. The summed E-state index contributed by atoms with van der Waals surface area (Å²) >= 11 is 0. The van der Waals surface area contributed by atoms with Crippen LogP contribution in [0.15, 0.2) is 12.3 Å². The van der Waals surface area contributed by atoms with Crippen molar-refractivity contribution in [2.45, 2.75) is 18.9 Å². The fourth-order valence-corrected chi connectivity index (χ4v) is 2.24. The van der Waals surface area contributed by atoms with Gasteiger partial charge in [0.25, 0.3) is 0 Å². The minimum absolute atomic E-state index is 0.115. The fraction of sp³-hybridized carbons (Fsp3) is 0.583. The Kier molecular flexibility index (Phi) is 3.76. The van der Waals surface area contributed by atoms with Crippen molar-refractivity contribution in [3.63, 3.8) is 0 Å². The van der Waals surface area contributed by atoms with Gasteiger partial charge in [-0.3, -0.25) is 9.69 Å². The molecule has 1 aromatic heterocycles. The first-order chi connectivity index (χ1) is 8.58. The van der Waals surface area contributed by atoms with E-state index in [0.29, 0.717) is 12.5 Å². The number of nitrogens with zero attached hydrogens (tertiary/aromatic N) is 4. The molecule has 2 rings (SSSR count). The zero-order valence-electron chi connectivity index (χ0n) is 10.8. The molecule has 2 heterocycles. The second kappa shape index (κ2) is 5.30. The normalized spacial score (nSPS) is 20.0. The average Bonchev–Trinajstić information content (AvgIpc) is 2.77. The van der Waals surface area contributed by atoms with E-state index in [1.54, 1.807) is 25.2 Å². The molecule has 1 amide bonds. The standard InChI is InChI=1S/C12H19N5O/c1-16(2)11(18)8-17-7-3-4-10(17)9-5-6-14-12(13)15-9/h5-6,10H,3-4,7-8H2,1-2H3,(H2,13,14,15). The number of nitrogens with two attached hydrogens (primary N) is 1. The highest BCUT2D eigenvalue weighted by Gasteiger charge is 2.29. The van der Waals surface area contributed by atoms with Crippen molar-refractivity contribution < 1.29 is 4.79 Å². The number of amides is 1. The van der Waals surface area contributed by atoms with E-state index in [9.17, 15) is 4.79 Å². The van der Waals surface area contributed by atoms with Crippen LogP contribution < -0.4 is 5.73 Å². The summed E-state index contributed by atoms with van der Waals surface area (Å²) in [7, 11) is 3.55. The maximum Gasteiger partial charge on any atom is 0.236 e. The van der Waals surface area contributed by atoms with Crippen LogP contribution in [0.5, 0.6) is 0 Å². The van der Waals surface area contributed by atoms with Crippen molar-refractivity contribution >= 4 is 11.9 Å². The summed E-state index contributed by atoms with van der Waals surface area (Å²) < 4.78 is 0. The number of likely N-dealkylation sites (tertiary alicyclic amines) is 1. The maximum atomic E-state index is 11.8. The first-order valence-corrected chi connectivity index (χ1v) is 6.10. The molecule has 98 valence electrons. The fourth-order valence-electron chi connectivity index (χ4n) is 2.24. The first kappa shape index (κ1) is 12.8. The van der Waals surface area contributed by atoms with E-state index < -0.39 is 0 Å². The largest absolute Gasteiger partial charge is 0.368 e. The molecule has 1 fully saturated rings. The molecule has 1 unspecified atom stereocenters. The number of carbonyl (C=O) groups excluding carboxylic acids is 1. The lowest BCUT2D eigenvalue weighted by atomic mass is 10.1. The van der Waals surface area contributed by atoms with Gasteiger partial charge in [0.15, 0.2) is 0 Å². The van der Waals surface area contributed by atoms with Gasteiger partial charge in [-0.05, 0) is 25.5 Å². The van der Waals surface area contributed by atoms with Crippen LogP contribution in [0.2, 0.25) is 0 Å². The van der Waals surface area contributed by atoms with Gasteiger partial charge < -0.3 is 10.6 Å². The molecule has 1 atom stereocenters. The molecule has 1 aliphatic heterocycles. The van der Waals surface area contributed by atoms with Crippen LogP contribution in [-0.4, -0.2) is 52.9 Å². The Bertz CT molecular complexity index is 434. The minimum atomic E-state index is 0.115. The summed E-state index contributed by atoms with van der Waals surface area (Å²) in [6, 6.07) is 2.05. The van der Waals surface area contributed by atoms with E-state index in [4.69, 9.17) is 5.73 Å². The number of rotatable bonds is 3. The highest BCUT2D eigenvalue weighted by atomic mass is 16.2. The van der Waals surface area contributed by atoms with E-state index in [2.05, 4.69) is 14.9 Å². The van der Waals surface area contributed by atoms with E-state index in [0.717, 1.165) is 25.1 Å². The smallest absolute Gasteiger partial charge is 0.236 e.